The Morgan fingerprint density at radius 2 is 1.79 bits per heavy atom. The van der Waals surface area contributed by atoms with Gasteiger partial charge in [-0.05, 0) is 43.1 Å². The lowest BCUT2D eigenvalue weighted by Gasteiger charge is -2.18. The largest absolute Gasteiger partial charge is 0.313 e. The average molecular weight is 294 g/mol. The molecule has 2 rings (SSSR count). The minimum Gasteiger partial charge on any atom is -0.313 e. The smallest absolute Gasteiger partial charge is 0.0468 e. The number of hydrogen-bond acceptors (Lipinski definition) is 1. The van der Waals surface area contributed by atoms with E-state index >= 15 is 0 Å². The van der Waals surface area contributed by atoms with Crippen LogP contribution < -0.4 is 5.32 Å². The van der Waals surface area contributed by atoms with Gasteiger partial charge >= 0.3 is 0 Å². The molecule has 0 bridgehead atoms. The molecule has 2 aromatic carbocycles. The van der Waals surface area contributed by atoms with E-state index in [1.807, 2.05) is 25.2 Å². The van der Waals surface area contributed by atoms with Crippen molar-refractivity contribution < 1.29 is 0 Å². The fourth-order valence-electron chi connectivity index (χ4n) is 2.20. The molecule has 0 aliphatic carbocycles. The molecule has 19 heavy (non-hydrogen) atoms. The molecule has 0 spiro atoms. The monoisotopic (exact) mass is 293 g/mol. The van der Waals surface area contributed by atoms with Crippen molar-refractivity contribution in [3.63, 3.8) is 0 Å². The molecule has 0 aromatic heterocycles. The average Bonchev–Trinajstić information content (AvgIpc) is 2.42. The number of nitrogens with one attached hydrogen (secondary N) is 1. The van der Waals surface area contributed by atoms with Crippen LogP contribution in [0.2, 0.25) is 10.0 Å². The summed E-state index contributed by atoms with van der Waals surface area (Å²) < 4.78 is 0. The fraction of sp³-hybridized carbons (Fsp3) is 0.250. The van der Waals surface area contributed by atoms with Gasteiger partial charge in [0.1, 0.15) is 0 Å². The molecule has 3 heteroatoms. The highest BCUT2D eigenvalue weighted by atomic mass is 35.5. The summed E-state index contributed by atoms with van der Waals surface area (Å²) in [5, 5.41) is 4.72. The van der Waals surface area contributed by atoms with E-state index in [9.17, 15) is 0 Å². The molecule has 0 heterocycles. The van der Waals surface area contributed by atoms with Crippen LogP contribution in [0.1, 0.15) is 23.6 Å². The first-order valence-corrected chi connectivity index (χ1v) is 7.12. The van der Waals surface area contributed by atoms with Gasteiger partial charge < -0.3 is 5.32 Å². The number of aryl methyl sites for hydroxylation is 1. The SMILES string of the molecule is CNC(CCc1ccccc1)c1ccc(Cl)cc1Cl. The van der Waals surface area contributed by atoms with Crippen molar-refractivity contribution in [1.82, 2.24) is 5.32 Å². The number of halogens is 2. The third-order valence-corrected chi connectivity index (χ3v) is 3.81. The van der Waals surface area contributed by atoms with E-state index in [4.69, 9.17) is 23.2 Å². The predicted octanol–water partition coefficient (Wildman–Crippen LogP) is 4.89. The maximum absolute atomic E-state index is 6.26. The third kappa shape index (κ3) is 3.97. The summed E-state index contributed by atoms with van der Waals surface area (Å²) in [4.78, 5) is 0. The van der Waals surface area contributed by atoms with E-state index in [0.29, 0.717) is 5.02 Å². The zero-order valence-corrected chi connectivity index (χ0v) is 12.4. The van der Waals surface area contributed by atoms with Gasteiger partial charge in [0.05, 0.1) is 0 Å². The third-order valence-electron chi connectivity index (χ3n) is 3.25. The highest BCUT2D eigenvalue weighted by molar-refractivity contribution is 6.35. The molecule has 1 atom stereocenters. The number of benzene rings is 2. The van der Waals surface area contributed by atoms with Crippen LogP contribution in [0.3, 0.4) is 0 Å². The Hall–Kier alpha value is -1.02. The molecule has 2 aromatic rings. The van der Waals surface area contributed by atoms with Gasteiger partial charge in [-0.15, -0.1) is 0 Å². The minimum atomic E-state index is 0.241. The van der Waals surface area contributed by atoms with Crippen LogP contribution in [-0.4, -0.2) is 7.05 Å². The van der Waals surface area contributed by atoms with Crippen molar-refractivity contribution in [3.05, 3.63) is 69.7 Å². The van der Waals surface area contributed by atoms with E-state index in [2.05, 4.69) is 29.6 Å². The Morgan fingerprint density at radius 3 is 2.42 bits per heavy atom. The van der Waals surface area contributed by atoms with Gasteiger partial charge in [-0.2, -0.15) is 0 Å². The summed E-state index contributed by atoms with van der Waals surface area (Å²) in [6.07, 6.45) is 2.02. The van der Waals surface area contributed by atoms with Gasteiger partial charge in [0.2, 0.25) is 0 Å². The van der Waals surface area contributed by atoms with E-state index < -0.39 is 0 Å². The summed E-state index contributed by atoms with van der Waals surface area (Å²) in [6.45, 7) is 0. The molecule has 0 fully saturated rings. The molecule has 100 valence electrons. The van der Waals surface area contributed by atoms with Crippen LogP contribution in [0.25, 0.3) is 0 Å². The fourth-order valence-corrected chi connectivity index (χ4v) is 2.74. The molecule has 1 unspecified atom stereocenters. The van der Waals surface area contributed by atoms with E-state index in [-0.39, 0.29) is 6.04 Å². The number of rotatable bonds is 5. The summed E-state index contributed by atoms with van der Waals surface area (Å²) in [7, 11) is 1.96. The highest BCUT2D eigenvalue weighted by Gasteiger charge is 2.13. The molecule has 0 amide bonds. The molecule has 0 radical (unpaired) electrons. The molecular weight excluding hydrogens is 277 g/mol. The predicted molar refractivity (Wildman–Crippen MR) is 83.0 cm³/mol. The lowest BCUT2D eigenvalue weighted by Crippen LogP contribution is -2.17. The van der Waals surface area contributed by atoms with Crippen LogP contribution in [0.4, 0.5) is 0 Å². The molecule has 0 saturated heterocycles. The van der Waals surface area contributed by atoms with E-state index in [0.717, 1.165) is 23.4 Å². The van der Waals surface area contributed by atoms with Crippen molar-refractivity contribution in [2.24, 2.45) is 0 Å². The van der Waals surface area contributed by atoms with E-state index in [1.165, 1.54) is 5.56 Å². The molecule has 0 aliphatic heterocycles. The molecule has 1 N–H and O–H groups in total. The zero-order valence-electron chi connectivity index (χ0n) is 10.9. The lowest BCUT2D eigenvalue weighted by atomic mass is 9.99. The highest BCUT2D eigenvalue weighted by Crippen LogP contribution is 2.28. The normalized spacial score (nSPS) is 12.4. The molecule has 1 nitrogen and oxygen atoms in total. The quantitative estimate of drug-likeness (QED) is 0.828. The maximum Gasteiger partial charge on any atom is 0.0468 e. The molecule has 0 saturated carbocycles. The van der Waals surface area contributed by atoms with Crippen molar-refractivity contribution >= 4 is 23.2 Å². The van der Waals surface area contributed by atoms with Crippen molar-refractivity contribution in [3.8, 4) is 0 Å². The Balaban J connectivity index is 2.08. The molecular formula is C16H17Cl2N. The second-order valence-electron chi connectivity index (χ2n) is 4.53. The van der Waals surface area contributed by atoms with Crippen LogP contribution in [0, 0.1) is 0 Å². The van der Waals surface area contributed by atoms with Crippen LogP contribution in [-0.2, 0) is 6.42 Å². The Bertz CT molecular complexity index is 526. The van der Waals surface area contributed by atoms with Gasteiger partial charge in [0.25, 0.3) is 0 Å². The maximum atomic E-state index is 6.26. The second kappa shape index (κ2) is 6.95. The first-order chi connectivity index (χ1) is 9.20. The molecule has 0 aliphatic rings. The first kappa shape index (κ1) is 14.4. The lowest BCUT2D eigenvalue weighted by molar-refractivity contribution is 0.549. The van der Waals surface area contributed by atoms with Crippen LogP contribution in [0.15, 0.2) is 48.5 Å². The Kier molecular flexibility index (Phi) is 5.26. The second-order valence-corrected chi connectivity index (χ2v) is 5.38. The van der Waals surface area contributed by atoms with Crippen LogP contribution >= 0.6 is 23.2 Å². The topological polar surface area (TPSA) is 12.0 Å². The van der Waals surface area contributed by atoms with Crippen molar-refractivity contribution in [2.45, 2.75) is 18.9 Å². The van der Waals surface area contributed by atoms with E-state index in [1.54, 1.807) is 6.07 Å². The standard InChI is InChI=1S/C16H17Cl2N/c1-19-16(10-7-12-5-3-2-4-6-12)14-9-8-13(17)11-15(14)18/h2-6,8-9,11,16,19H,7,10H2,1H3. The summed E-state index contributed by atoms with van der Waals surface area (Å²) in [6, 6.07) is 16.4. The summed E-state index contributed by atoms with van der Waals surface area (Å²) in [5.41, 5.74) is 2.44. The Morgan fingerprint density at radius 1 is 1.05 bits per heavy atom. The van der Waals surface area contributed by atoms with Crippen LogP contribution in [0.5, 0.6) is 0 Å². The summed E-state index contributed by atoms with van der Waals surface area (Å²) in [5.74, 6) is 0. The zero-order chi connectivity index (χ0) is 13.7. The van der Waals surface area contributed by atoms with Crippen molar-refractivity contribution in [1.29, 1.82) is 0 Å². The van der Waals surface area contributed by atoms with Gasteiger partial charge in [0, 0.05) is 16.1 Å². The summed E-state index contributed by atoms with van der Waals surface area (Å²) >= 11 is 12.2. The van der Waals surface area contributed by atoms with Gasteiger partial charge in [0.15, 0.2) is 0 Å². The Labute approximate surface area is 124 Å². The van der Waals surface area contributed by atoms with Gasteiger partial charge in [-0.1, -0.05) is 59.6 Å². The number of hydrogen-bond donors (Lipinski definition) is 1. The first-order valence-electron chi connectivity index (χ1n) is 6.37. The van der Waals surface area contributed by atoms with Gasteiger partial charge in [-0.3, -0.25) is 0 Å². The minimum absolute atomic E-state index is 0.241. The van der Waals surface area contributed by atoms with Crippen molar-refractivity contribution in [2.75, 3.05) is 7.05 Å². The van der Waals surface area contributed by atoms with Gasteiger partial charge in [-0.25, -0.2) is 0 Å².